The van der Waals surface area contributed by atoms with Crippen LogP contribution >= 0.6 is 0 Å². The minimum Gasteiger partial charge on any atom is -0.363 e. The largest absolute Gasteiger partial charge is 0.363 e. The van der Waals surface area contributed by atoms with Gasteiger partial charge >= 0.3 is 0 Å². The topological polar surface area (TPSA) is 56.8 Å². The Hall–Kier alpha value is -1.62. The van der Waals surface area contributed by atoms with Crippen LogP contribution in [0, 0.1) is 0 Å². The molecule has 0 bridgehead atoms. The number of nitrogens with one attached hydrogen (secondary N) is 2. The van der Waals surface area contributed by atoms with Crippen LogP contribution in [0.25, 0.3) is 11.2 Å². The van der Waals surface area contributed by atoms with Gasteiger partial charge in [0.1, 0.15) is 11.6 Å². The number of nitrogens with zero attached hydrogens (tertiary/aromatic N) is 3. The number of H-pyrrole nitrogens is 1. The van der Waals surface area contributed by atoms with E-state index in [4.69, 9.17) is 0 Å². The Balaban J connectivity index is 2.21. The Kier molecular flexibility index (Phi) is 3.81. The molecule has 0 spiro atoms. The van der Waals surface area contributed by atoms with Crippen molar-refractivity contribution in [2.45, 2.75) is 26.3 Å². The smallest absolute Gasteiger partial charge is 0.179 e. The number of fused-ring (bicyclic) bond motifs is 1. The van der Waals surface area contributed by atoms with Crippen molar-refractivity contribution in [3.05, 3.63) is 18.0 Å². The minimum absolute atomic E-state index is 0.420. The molecule has 0 aliphatic carbocycles. The Morgan fingerprint density at radius 2 is 2.11 bits per heavy atom. The number of likely N-dealkylation sites (N-methyl/N-ethyl adjacent to an activating group) is 1. The molecule has 2 aromatic heterocycles. The molecular formula is C13H21N5. The zero-order valence-corrected chi connectivity index (χ0v) is 11.5. The molecule has 1 unspecified atom stereocenters. The second-order valence-corrected chi connectivity index (χ2v) is 4.78. The van der Waals surface area contributed by atoms with Crippen molar-refractivity contribution in [3.8, 4) is 0 Å². The summed E-state index contributed by atoms with van der Waals surface area (Å²) in [6.45, 7) is 5.25. The van der Waals surface area contributed by atoms with Crippen LogP contribution in [0.5, 0.6) is 0 Å². The third kappa shape index (κ3) is 2.79. The Morgan fingerprint density at radius 1 is 1.33 bits per heavy atom. The lowest BCUT2D eigenvalue weighted by Gasteiger charge is -2.09. The van der Waals surface area contributed by atoms with Crippen LogP contribution in [-0.4, -0.2) is 41.6 Å². The molecule has 2 heterocycles. The fraction of sp³-hybridized carbons (Fsp3) is 0.538. The van der Waals surface area contributed by atoms with Crippen molar-refractivity contribution in [1.29, 1.82) is 0 Å². The van der Waals surface area contributed by atoms with E-state index in [-0.39, 0.29) is 0 Å². The number of aromatic nitrogens is 3. The molecule has 5 heteroatoms. The lowest BCUT2D eigenvalue weighted by atomic mass is 10.2. The van der Waals surface area contributed by atoms with Gasteiger partial charge in [0.15, 0.2) is 5.65 Å². The number of pyridine rings is 1. The molecule has 0 radical (unpaired) electrons. The van der Waals surface area contributed by atoms with E-state index >= 15 is 0 Å². The molecule has 2 rings (SSSR count). The van der Waals surface area contributed by atoms with Crippen molar-refractivity contribution >= 4 is 17.0 Å². The third-order valence-corrected chi connectivity index (χ3v) is 2.89. The first-order valence-electron chi connectivity index (χ1n) is 6.36. The fourth-order valence-electron chi connectivity index (χ4n) is 1.99. The molecule has 0 aromatic carbocycles. The molecule has 0 amide bonds. The second kappa shape index (κ2) is 5.35. The van der Waals surface area contributed by atoms with Gasteiger partial charge in [-0.3, -0.25) is 0 Å². The summed E-state index contributed by atoms with van der Waals surface area (Å²) in [5.41, 5.74) is 1.79. The summed E-state index contributed by atoms with van der Waals surface area (Å²) in [6, 6.07) is 4.45. The Morgan fingerprint density at radius 3 is 2.78 bits per heavy atom. The second-order valence-electron chi connectivity index (χ2n) is 4.78. The highest BCUT2D eigenvalue weighted by atomic mass is 15.1. The van der Waals surface area contributed by atoms with Gasteiger partial charge in [0.25, 0.3) is 0 Å². The molecule has 0 saturated carbocycles. The fourth-order valence-corrected chi connectivity index (χ4v) is 1.99. The number of rotatable bonds is 5. The first kappa shape index (κ1) is 12.8. The first-order valence-corrected chi connectivity index (χ1v) is 6.36. The highest BCUT2D eigenvalue weighted by Gasteiger charge is 2.09. The van der Waals surface area contributed by atoms with Crippen LogP contribution < -0.4 is 10.2 Å². The molecule has 0 fully saturated rings. The van der Waals surface area contributed by atoms with E-state index in [1.807, 2.05) is 31.1 Å². The molecule has 2 aromatic rings. The van der Waals surface area contributed by atoms with Crippen LogP contribution in [0.3, 0.4) is 0 Å². The number of hydrogen-bond donors (Lipinski definition) is 2. The highest BCUT2D eigenvalue weighted by Crippen LogP contribution is 2.15. The van der Waals surface area contributed by atoms with Crippen molar-refractivity contribution in [2.24, 2.45) is 0 Å². The van der Waals surface area contributed by atoms with E-state index in [0.717, 1.165) is 35.8 Å². The predicted molar refractivity (Wildman–Crippen MR) is 75.1 cm³/mol. The van der Waals surface area contributed by atoms with Gasteiger partial charge in [-0.2, -0.15) is 0 Å². The molecule has 0 aliphatic rings. The monoisotopic (exact) mass is 247 g/mol. The normalized spacial score (nSPS) is 12.9. The average Bonchev–Trinajstić information content (AvgIpc) is 2.69. The zero-order valence-electron chi connectivity index (χ0n) is 11.5. The zero-order chi connectivity index (χ0) is 13.1. The van der Waals surface area contributed by atoms with Gasteiger partial charge in [0.2, 0.25) is 0 Å². The van der Waals surface area contributed by atoms with Crippen LogP contribution in [0.4, 0.5) is 5.82 Å². The lowest BCUT2D eigenvalue weighted by Crippen LogP contribution is -2.27. The molecule has 18 heavy (non-hydrogen) atoms. The summed E-state index contributed by atoms with van der Waals surface area (Å²) in [6.07, 6.45) is 0.890. The van der Waals surface area contributed by atoms with Gasteiger partial charge in [-0.25, -0.2) is 9.97 Å². The molecule has 5 nitrogen and oxygen atoms in total. The molecule has 1 atom stereocenters. The van der Waals surface area contributed by atoms with Crippen LogP contribution in [0.1, 0.15) is 19.7 Å². The summed E-state index contributed by atoms with van der Waals surface area (Å²) in [5.74, 6) is 1.92. The first-order chi connectivity index (χ1) is 8.60. The van der Waals surface area contributed by atoms with Crippen LogP contribution in [0.15, 0.2) is 12.1 Å². The maximum absolute atomic E-state index is 4.54. The van der Waals surface area contributed by atoms with Crippen LogP contribution in [0.2, 0.25) is 0 Å². The SMILES string of the molecule is CCNC(C)Cc1nc2nc(N(C)C)ccc2[nH]1. The molecule has 98 valence electrons. The molecule has 0 aliphatic heterocycles. The number of hydrogen-bond acceptors (Lipinski definition) is 4. The summed E-state index contributed by atoms with van der Waals surface area (Å²) < 4.78 is 0. The van der Waals surface area contributed by atoms with Crippen molar-refractivity contribution in [3.63, 3.8) is 0 Å². The molecule has 0 saturated heterocycles. The Bertz CT molecular complexity index is 517. The predicted octanol–water partition coefficient (Wildman–Crippen LogP) is 1.56. The van der Waals surface area contributed by atoms with Gasteiger partial charge < -0.3 is 15.2 Å². The Labute approximate surface area is 108 Å². The van der Waals surface area contributed by atoms with Gasteiger partial charge in [-0.1, -0.05) is 6.92 Å². The van der Waals surface area contributed by atoms with Crippen LogP contribution in [-0.2, 0) is 6.42 Å². The summed E-state index contributed by atoms with van der Waals surface area (Å²) in [7, 11) is 3.96. The van der Waals surface area contributed by atoms with E-state index in [9.17, 15) is 0 Å². The van der Waals surface area contributed by atoms with Crippen molar-refractivity contribution in [1.82, 2.24) is 20.3 Å². The average molecular weight is 247 g/mol. The van der Waals surface area contributed by atoms with Crippen molar-refractivity contribution < 1.29 is 0 Å². The minimum atomic E-state index is 0.420. The number of anilines is 1. The maximum atomic E-state index is 4.54. The quantitative estimate of drug-likeness (QED) is 0.842. The lowest BCUT2D eigenvalue weighted by molar-refractivity contribution is 0.555. The van der Waals surface area contributed by atoms with Gasteiger partial charge in [-0.05, 0) is 25.6 Å². The van der Waals surface area contributed by atoms with Gasteiger partial charge in [0.05, 0.1) is 5.52 Å². The standard InChI is InChI=1S/C13H21N5/c1-5-14-9(2)8-11-15-10-6-7-12(18(3)4)17-13(10)16-11/h6-7,9,14H,5,8H2,1-4H3,(H,15,16,17). The van der Waals surface area contributed by atoms with E-state index in [0.29, 0.717) is 6.04 Å². The van der Waals surface area contributed by atoms with Gasteiger partial charge in [-0.15, -0.1) is 0 Å². The summed E-state index contributed by atoms with van der Waals surface area (Å²) in [5, 5.41) is 3.38. The number of aromatic amines is 1. The van der Waals surface area contributed by atoms with E-state index < -0.39 is 0 Å². The molecular weight excluding hydrogens is 226 g/mol. The third-order valence-electron chi connectivity index (χ3n) is 2.89. The maximum Gasteiger partial charge on any atom is 0.179 e. The van der Waals surface area contributed by atoms with Gasteiger partial charge in [0, 0.05) is 26.6 Å². The summed E-state index contributed by atoms with van der Waals surface area (Å²) >= 11 is 0. The highest BCUT2D eigenvalue weighted by molar-refractivity contribution is 5.73. The van der Waals surface area contributed by atoms with E-state index in [1.54, 1.807) is 0 Å². The number of imidazole rings is 1. The van der Waals surface area contributed by atoms with Crippen molar-refractivity contribution in [2.75, 3.05) is 25.5 Å². The molecule has 2 N–H and O–H groups in total. The summed E-state index contributed by atoms with van der Waals surface area (Å²) in [4.78, 5) is 14.4. The van der Waals surface area contributed by atoms with E-state index in [1.165, 1.54) is 0 Å². The van der Waals surface area contributed by atoms with E-state index in [2.05, 4.69) is 34.1 Å².